The van der Waals surface area contributed by atoms with Crippen molar-refractivity contribution in [1.29, 1.82) is 0 Å². The second kappa shape index (κ2) is 10.8. The zero-order chi connectivity index (χ0) is 23.9. The number of aryl methyl sites for hydroxylation is 3. The molecule has 0 fully saturated rings. The van der Waals surface area contributed by atoms with Crippen molar-refractivity contribution in [2.75, 3.05) is 6.61 Å². The molecule has 4 rings (SSSR count). The van der Waals surface area contributed by atoms with Gasteiger partial charge >= 0.3 is 0 Å². The Labute approximate surface area is 201 Å². The number of nitrogens with zero attached hydrogens (tertiary/aromatic N) is 2. The third-order valence-electron chi connectivity index (χ3n) is 5.78. The highest BCUT2D eigenvalue weighted by atomic mass is 16.5. The molecule has 34 heavy (non-hydrogen) atoms. The van der Waals surface area contributed by atoms with Crippen LogP contribution in [0, 0.1) is 13.8 Å². The lowest BCUT2D eigenvalue weighted by Crippen LogP contribution is -2.27. The predicted molar refractivity (Wildman–Crippen MR) is 138 cm³/mol. The highest BCUT2D eigenvalue weighted by molar-refractivity contribution is 5.92. The number of benzene rings is 3. The molecule has 4 aromatic rings. The number of carbonyl (C=O) groups is 1. The van der Waals surface area contributed by atoms with Gasteiger partial charge < -0.3 is 14.6 Å². The van der Waals surface area contributed by atoms with Gasteiger partial charge in [0, 0.05) is 12.6 Å². The highest BCUT2D eigenvalue weighted by Gasteiger charge is 2.17. The van der Waals surface area contributed by atoms with Gasteiger partial charge in [-0.3, -0.25) is 4.79 Å². The van der Waals surface area contributed by atoms with E-state index in [1.807, 2.05) is 61.5 Å². The number of fused-ring (bicyclic) bond motifs is 1. The van der Waals surface area contributed by atoms with E-state index < -0.39 is 0 Å². The van der Waals surface area contributed by atoms with Crippen LogP contribution in [0.15, 0.2) is 78.9 Å². The van der Waals surface area contributed by atoms with E-state index in [-0.39, 0.29) is 11.9 Å². The van der Waals surface area contributed by atoms with Gasteiger partial charge in [0.1, 0.15) is 11.6 Å². The summed E-state index contributed by atoms with van der Waals surface area (Å²) in [7, 11) is 0. The van der Waals surface area contributed by atoms with E-state index in [0.717, 1.165) is 46.7 Å². The SMILES string of the molecule is Cc1ccc(C)c(OCCCn2c(C(C)NC(=O)/C=C\c3ccccc3)nc3ccccc32)c1. The summed E-state index contributed by atoms with van der Waals surface area (Å²) in [5.74, 6) is 1.63. The predicted octanol–water partition coefficient (Wildman–Crippen LogP) is 6.01. The topological polar surface area (TPSA) is 56.1 Å². The largest absolute Gasteiger partial charge is 0.493 e. The monoisotopic (exact) mass is 453 g/mol. The summed E-state index contributed by atoms with van der Waals surface area (Å²) < 4.78 is 8.24. The number of nitrogens with one attached hydrogen (secondary N) is 1. The Bertz CT molecular complexity index is 1290. The number of carbonyl (C=O) groups excluding carboxylic acids is 1. The van der Waals surface area contributed by atoms with Gasteiger partial charge in [0.25, 0.3) is 0 Å². The summed E-state index contributed by atoms with van der Waals surface area (Å²) in [5.41, 5.74) is 5.30. The Balaban J connectivity index is 1.44. The molecule has 5 nitrogen and oxygen atoms in total. The first-order chi connectivity index (χ1) is 16.5. The van der Waals surface area contributed by atoms with E-state index in [0.29, 0.717) is 6.61 Å². The van der Waals surface area contributed by atoms with Crippen LogP contribution in [0.5, 0.6) is 5.75 Å². The lowest BCUT2D eigenvalue weighted by molar-refractivity contribution is -0.117. The fourth-order valence-electron chi connectivity index (χ4n) is 3.99. The number of ether oxygens (including phenoxy) is 1. The first-order valence-electron chi connectivity index (χ1n) is 11.7. The van der Waals surface area contributed by atoms with E-state index in [1.165, 1.54) is 5.56 Å². The van der Waals surface area contributed by atoms with Crippen LogP contribution < -0.4 is 10.1 Å². The molecule has 174 valence electrons. The Hall–Kier alpha value is -3.86. The molecule has 0 radical (unpaired) electrons. The van der Waals surface area contributed by atoms with Gasteiger partial charge in [-0.15, -0.1) is 0 Å². The molecule has 0 aliphatic carbocycles. The van der Waals surface area contributed by atoms with Gasteiger partial charge in [-0.2, -0.15) is 0 Å². The third kappa shape index (κ3) is 5.73. The summed E-state index contributed by atoms with van der Waals surface area (Å²) in [6.45, 7) is 7.46. The molecular formula is C29H31N3O2. The number of para-hydroxylation sites is 2. The fourth-order valence-corrected chi connectivity index (χ4v) is 3.99. The molecule has 0 spiro atoms. The highest BCUT2D eigenvalue weighted by Crippen LogP contribution is 2.22. The number of hydrogen-bond donors (Lipinski definition) is 1. The Morgan fingerprint density at radius 1 is 1.06 bits per heavy atom. The van der Waals surface area contributed by atoms with E-state index in [2.05, 4.69) is 48.0 Å². The molecule has 1 heterocycles. The van der Waals surface area contributed by atoms with Gasteiger partial charge in [0.15, 0.2) is 0 Å². The lowest BCUT2D eigenvalue weighted by atomic mass is 10.1. The van der Waals surface area contributed by atoms with Crippen LogP contribution >= 0.6 is 0 Å². The van der Waals surface area contributed by atoms with E-state index in [4.69, 9.17) is 9.72 Å². The van der Waals surface area contributed by atoms with Crippen molar-refractivity contribution >= 4 is 23.0 Å². The van der Waals surface area contributed by atoms with Crippen LogP contribution in [0.1, 0.15) is 41.9 Å². The minimum atomic E-state index is -0.236. The van der Waals surface area contributed by atoms with Crippen molar-refractivity contribution in [2.45, 2.75) is 39.8 Å². The van der Waals surface area contributed by atoms with Gasteiger partial charge in [0.05, 0.1) is 23.7 Å². The summed E-state index contributed by atoms with van der Waals surface area (Å²) >= 11 is 0. The maximum Gasteiger partial charge on any atom is 0.244 e. The first-order valence-corrected chi connectivity index (χ1v) is 11.7. The summed E-state index contributed by atoms with van der Waals surface area (Å²) in [5, 5.41) is 3.06. The Morgan fingerprint density at radius 2 is 1.82 bits per heavy atom. The third-order valence-corrected chi connectivity index (χ3v) is 5.78. The molecular weight excluding hydrogens is 422 g/mol. The number of imidazole rings is 1. The molecule has 1 unspecified atom stereocenters. The van der Waals surface area contributed by atoms with Crippen LogP contribution in [0.3, 0.4) is 0 Å². The fraction of sp³-hybridized carbons (Fsp3) is 0.241. The minimum Gasteiger partial charge on any atom is -0.493 e. The number of rotatable bonds is 9. The molecule has 0 aliphatic rings. The smallest absolute Gasteiger partial charge is 0.244 e. The van der Waals surface area contributed by atoms with Crippen molar-refractivity contribution in [3.63, 3.8) is 0 Å². The molecule has 1 amide bonds. The maximum atomic E-state index is 12.5. The van der Waals surface area contributed by atoms with Gasteiger partial charge in [-0.1, -0.05) is 54.6 Å². The summed E-state index contributed by atoms with van der Waals surface area (Å²) in [6.07, 6.45) is 4.21. The molecule has 0 bridgehead atoms. The lowest BCUT2D eigenvalue weighted by Gasteiger charge is -2.16. The van der Waals surface area contributed by atoms with Crippen molar-refractivity contribution in [3.8, 4) is 5.75 Å². The van der Waals surface area contributed by atoms with Crippen LogP contribution in [-0.2, 0) is 11.3 Å². The van der Waals surface area contributed by atoms with Crippen LogP contribution in [0.2, 0.25) is 0 Å². The van der Waals surface area contributed by atoms with Crippen LogP contribution in [-0.4, -0.2) is 22.1 Å². The summed E-state index contributed by atoms with van der Waals surface area (Å²) in [4.78, 5) is 17.4. The zero-order valence-corrected chi connectivity index (χ0v) is 20.0. The molecule has 1 N–H and O–H groups in total. The van der Waals surface area contributed by atoms with Gasteiger partial charge in [-0.05, 0) is 68.2 Å². The average molecular weight is 454 g/mol. The molecule has 1 atom stereocenters. The van der Waals surface area contributed by atoms with E-state index in [9.17, 15) is 4.79 Å². The molecule has 0 aliphatic heterocycles. The van der Waals surface area contributed by atoms with Crippen LogP contribution in [0.4, 0.5) is 0 Å². The van der Waals surface area contributed by atoms with Crippen molar-refractivity contribution in [3.05, 3.63) is 101 Å². The molecule has 3 aromatic carbocycles. The Morgan fingerprint density at radius 3 is 2.65 bits per heavy atom. The molecule has 0 saturated carbocycles. The first kappa shape index (κ1) is 23.3. The Kier molecular flexibility index (Phi) is 7.43. The zero-order valence-electron chi connectivity index (χ0n) is 20.0. The number of aromatic nitrogens is 2. The van der Waals surface area contributed by atoms with Crippen molar-refractivity contribution in [2.24, 2.45) is 0 Å². The normalized spacial score (nSPS) is 12.2. The van der Waals surface area contributed by atoms with Gasteiger partial charge in [0.2, 0.25) is 5.91 Å². The minimum absolute atomic E-state index is 0.145. The maximum absolute atomic E-state index is 12.5. The molecule has 0 saturated heterocycles. The van der Waals surface area contributed by atoms with E-state index in [1.54, 1.807) is 6.08 Å². The van der Waals surface area contributed by atoms with E-state index >= 15 is 0 Å². The second-order valence-electron chi connectivity index (χ2n) is 8.56. The standard InChI is InChI=1S/C29H31N3O2/c1-21-14-15-22(2)27(20-21)34-19-9-18-32-26-13-8-7-12-25(26)31-29(32)23(3)30-28(33)17-16-24-10-5-4-6-11-24/h4-8,10-17,20,23H,9,18-19H2,1-3H3,(H,30,33)/b17-16-. The summed E-state index contributed by atoms with van der Waals surface area (Å²) in [6, 6.07) is 23.9. The van der Waals surface area contributed by atoms with Crippen molar-refractivity contribution < 1.29 is 9.53 Å². The number of amides is 1. The van der Waals surface area contributed by atoms with Crippen LogP contribution in [0.25, 0.3) is 17.1 Å². The molecule has 1 aromatic heterocycles. The quantitative estimate of drug-likeness (QED) is 0.249. The molecule has 5 heteroatoms. The number of hydrogen-bond acceptors (Lipinski definition) is 3. The average Bonchev–Trinajstić information content (AvgIpc) is 3.22. The second-order valence-corrected chi connectivity index (χ2v) is 8.56. The van der Waals surface area contributed by atoms with Crippen molar-refractivity contribution in [1.82, 2.24) is 14.9 Å². The van der Waals surface area contributed by atoms with Gasteiger partial charge in [-0.25, -0.2) is 4.98 Å².